The lowest BCUT2D eigenvalue weighted by atomic mass is 10.1. The van der Waals surface area contributed by atoms with Gasteiger partial charge in [-0.05, 0) is 38.5 Å². The molecule has 1 N–H and O–H groups in total. The van der Waals surface area contributed by atoms with E-state index in [0.29, 0.717) is 10.6 Å². The van der Waals surface area contributed by atoms with E-state index in [1.54, 1.807) is 13.0 Å². The van der Waals surface area contributed by atoms with Gasteiger partial charge in [-0.15, -0.1) is 11.3 Å². The number of carbonyl (C=O) groups is 2. The average molecular weight is 407 g/mol. The number of aromatic nitrogens is 1. The monoisotopic (exact) mass is 407 g/mol. The predicted octanol–water partition coefficient (Wildman–Crippen LogP) is 4.58. The van der Waals surface area contributed by atoms with Gasteiger partial charge in [0.05, 0.1) is 12.2 Å². The van der Waals surface area contributed by atoms with Gasteiger partial charge < -0.3 is 14.6 Å². The summed E-state index contributed by atoms with van der Waals surface area (Å²) in [5.41, 5.74) is 2.84. The number of rotatable bonds is 5. The van der Waals surface area contributed by atoms with E-state index in [9.17, 15) is 14.9 Å². The van der Waals surface area contributed by atoms with Crippen LogP contribution in [0.15, 0.2) is 36.0 Å². The Kier molecular flexibility index (Phi) is 5.85. The third kappa shape index (κ3) is 3.93. The van der Waals surface area contributed by atoms with Crippen LogP contribution in [0.2, 0.25) is 0 Å². The van der Waals surface area contributed by atoms with E-state index in [0.717, 1.165) is 26.9 Å². The van der Waals surface area contributed by atoms with Gasteiger partial charge in [0, 0.05) is 34.6 Å². The average Bonchev–Trinajstić information content (AvgIpc) is 3.16. The molecule has 29 heavy (non-hydrogen) atoms. The summed E-state index contributed by atoms with van der Waals surface area (Å²) in [5, 5.41) is 13.6. The number of aryl methyl sites for hydroxylation is 2. The zero-order valence-corrected chi connectivity index (χ0v) is 17.5. The highest BCUT2D eigenvalue weighted by atomic mass is 32.1. The van der Waals surface area contributed by atoms with E-state index in [1.807, 2.05) is 62.0 Å². The molecular formula is C22H21N3O3S. The maximum atomic E-state index is 12.8. The Hall–Kier alpha value is -3.37. The van der Waals surface area contributed by atoms with Crippen molar-refractivity contribution in [3.8, 4) is 6.07 Å². The molecule has 7 heteroatoms. The molecule has 0 radical (unpaired) electrons. The summed E-state index contributed by atoms with van der Waals surface area (Å²) in [7, 11) is 1.91. The van der Waals surface area contributed by atoms with Gasteiger partial charge in [0.25, 0.3) is 5.91 Å². The summed E-state index contributed by atoms with van der Waals surface area (Å²) >= 11 is 1.29. The first-order valence-corrected chi connectivity index (χ1v) is 9.93. The number of para-hydroxylation sites is 1. The molecule has 2 heterocycles. The number of benzene rings is 1. The largest absolute Gasteiger partial charge is 0.462 e. The van der Waals surface area contributed by atoms with Crippen LogP contribution >= 0.6 is 11.3 Å². The van der Waals surface area contributed by atoms with Gasteiger partial charge in [-0.3, -0.25) is 4.79 Å². The van der Waals surface area contributed by atoms with Crippen molar-refractivity contribution in [3.63, 3.8) is 0 Å². The van der Waals surface area contributed by atoms with E-state index in [2.05, 4.69) is 5.32 Å². The second kappa shape index (κ2) is 8.33. The molecule has 1 amide bonds. The van der Waals surface area contributed by atoms with Gasteiger partial charge >= 0.3 is 5.97 Å². The second-order valence-corrected chi connectivity index (χ2v) is 7.77. The smallest absolute Gasteiger partial charge is 0.341 e. The van der Waals surface area contributed by atoms with Crippen LogP contribution in [0.4, 0.5) is 5.00 Å². The van der Waals surface area contributed by atoms with E-state index >= 15 is 0 Å². The summed E-state index contributed by atoms with van der Waals surface area (Å²) in [6, 6.07) is 9.73. The molecule has 1 aromatic carbocycles. The molecule has 0 atom stereocenters. The number of nitriles is 1. The Labute approximate surface area is 173 Å². The van der Waals surface area contributed by atoms with Crippen molar-refractivity contribution in [2.45, 2.75) is 20.8 Å². The molecule has 6 nitrogen and oxygen atoms in total. The standard InChI is InChI=1S/C22H21N3O3S/c1-5-28-22(27)19-13(2)14(3)29-21(19)24-20(26)15(11-23)10-16-12-25(4)18-9-7-6-8-17(16)18/h6-10,12H,5H2,1-4H3,(H,24,26). The fraction of sp³-hybridized carbons (Fsp3) is 0.227. The molecule has 2 aromatic heterocycles. The van der Waals surface area contributed by atoms with Crippen LogP contribution in [0.25, 0.3) is 17.0 Å². The molecule has 0 saturated heterocycles. The predicted molar refractivity (Wildman–Crippen MR) is 115 cm³/mol. The minimum absolute atomic E-state index is 0.0418. The van der Waals surface area contributed by atoms with Gasteiger partial charge in [-0.2, -0.15) is 5.26 Å². The Bertz CT molecular complexity index is 1180. The molecule has 0 saturated carbocycles. The number of fused-ring (bicyclic) bond motifs is 1. The van der Waals surface area contributed by atoms with E-state index in [-0.39, 0.29) is 12.2 Å². The molecule has 0 fully saturated rings. The molecular weight excluding hydrogens is 386 g/mol. The number of hydrogen-bond acceptors (Lipinski definition) is 5. The summed E-state index contributed by atoms with van der Waals surface area (Å²) < 4.78 is 7.06. The summed E-state index contributed by atoms with van der Waals surface area (Å²) in [6.07, 6.45) is 3.44. The van der Waals surface area contributed by atoms with Crippen molar-refractivity contribution >= 4 is 45.2 Å². The van der Waals surface area contributed by atoms with Crippen LogP contribution in [0, 0.1) is 25.2 Å². The topological polar surface area (TPSA) is 84.1 Å². The van der Waals surface area contributed by atoms with Crippen molar-refractivity contribution in [2.75, 3.05) is 11.9 Å². The van der Waals surface area contributed by atoms with Crippen molar-refractivity contribution in [1.29, 1.82) is 5.26 Å². The minimum atomic E-state index is -0.563. The number of esters is 1. The van der Waals surface area contributed by atoms with Gasteiger partial charge in [-0.25, -0.2) is 4.79 Å². The summed E-state index contributed by atoms with van der Waals surface area (Å²) in [5.74, 6) is -1.05. The lowest BCUT2D eigenvalue weighted by molar-refractivity contribution is -0.112. The molecule has 0 bridgehead atoms. The van der Waals surface area contributed by atoms with E-state index in [4.69, 9.17) is 4.74 Å². The van der Waals surface area contributed by atoms with Crippen molar-refractivity contribution in [1.82, 2.24) is 4.57 Å². The SMILES string of the molecule is CCOC(=O)c1c(NC(=O)C(C#N)=Cc2cn(C)c3ccccc23)sc(C)c1C. The maximum Gasteiger partial charge on any atom is 0.341 e. The number of thiophene rings is 1. The molecule has 148 valence electrons. The van der Waals surface area contributed by atoms with Crippen LogP contribution in [0.1, 0.15) is 33.3 Å². The molecule has 3 rings (SSSR count). The van der Waals surface area contributed by atoms with Crippen LogP contribution in [-0.2, 0) is 16.6 Å². The molecule has 3 aromatic rings. The third-order valence-corrected chi connectivity index (χ3v) is 5.81. The summed E-state index contributed by atoms with van der Waals surface area (Å²) in [4.78, 5) is 26.0. The van der Waals surface area contributed by atoms with Crippen molar-refractivity contribution < 1.29 is 14.3 Å². The molecule has 0 spiro atoms. The van der Waals surface area contributed by atoms with Gasteiger partial charge in [0.1, 0.15) is 16.6 Å². The van der Waals surface area contributed by atoms with Gasteiger partial charge in [0.15, 0.2) is 0 Å². The molecule has 0 aliphatic rings. The second-order valence-electron chi connectivity index (χ2n) is 6.54. The van der Waals surface area contributed by atoms with Crippen LogP contribution in [0.5, 0.6) is 0 Å². The van der Waals surface area contributed by atoms with E-state index in [1.165, 1.54) is 11.3 Å². The Morgan fingerprint density at radius 2 is 2.03 bits per heavy atom. The fourth-order valence-electron chi connectivity index (χ4n) is 3.13. The number of nitrogens with zero attached hydrogens (tertiary/aromatic N) is 2. The molecule has 0 unspecified atom stereocenters. The van der Waals surface area contributed by atoms with Crippen molar-refractivity contribution in [2.24, 2.45) is 7.05 Å². The van der Waals surface area contributed by atoms with Crippen LogP contribution in [-0.4, -0.2) is 23.1 Å². The van der Waals surface area contributed by atoms with Gasteiger partial charge in [0.2, 0.25) is 0 Å². The quantitative estimate of drug-likeness (QED) is 0.381. The highest BCUT2D eigenvalue weighted by Gasteiger charge is 2.23. The first-order valence-electron chi connectivity index (χ1n) is 9.11. The molecule has 0 aliphatic heterocycles. The fourth-order valence-corrected chi connectivity index (χ4v) is 4.17. The first-order chi connectivity index (χ1) is 13.9. The number of carbonyl (C=O) groups excluding carboxylic acids is 2. The number of amides is 1. The number of nitrogens with one attached hydrogen (secondary N) is 1. The normalized spacial score (nSPS) is 11.3. The number of ether oxygens (including phenoxy) is 1. The number of hydrogen-bond donors (Lipinski definition) is 1. The van der Waals surface area contributed by atoms with Crippen molar-refractivity contribution in [3.05, 3.63) is 57.6 Å². The Balaban J connectivity index is 1.96. The minimum Gasteiger partial charge on any atom is -0.462 e. The van der Waals surface area contributed by atoms with Crippen LogP contribution in [0.3, 0.4) is 0 Å². The highest BCUT2D eigenvalue weighted by molar-refractivity contribution is 7.16. The highest BCUT2D eigenvalue weighted by Crippen LogP contribution is 2.33. The number of anilines is 1. The zero-order chi connectivity index (χ0) is 21.1. The summed E-state index contributed by atoms with van der Waals surface area (Å²) in [6.45, 7) is 5.65. The maximum absolute atomic E-state index is 12.8. The van der Waals surface area contributed by atoms with Gasteiger partial charge in [-0.1, -0.05) is 18.2 Å². The lowest BCUT2D eigenvalue weighted by Gasteiger charge is -2.06. The van der Waals surface area contributed by atoms with E-state index < -0.39 is 11.9 Å². The third-order valence-electron chi connectivity index (χ3n) is 4.68. The van der Waals surface area contributed by atoms with Crippen LogP contribution < -0.4 is 5.32 Å². The lowest BCUT2D eigenvalue weighted by Crippen LogP contribution is -2.16. The zero-order valence-electron chi connectivity index (χ0n) is 16.7. The molecule has 0 aliphatic carbocycles. The Morgan fingerprint density at radius 1 is 1.31 bits per heavy atom. The Morgan fingerprint density at radius 3 is 2.72 bits per heavy atom. The first kappa shape index (κ1) is 20.4.